The van der Waals surface area contributed by atoms with Gasteiger partial charge >= 0.3 is 11.6 Å². The van der Waals surface area contributed by atoms with Crippen LogP contribution in [0.15, 0.2) is 51.9 Å². The minimum absolute atomic E-state index is 0.190. The molecule has 0 saturated heterocycles. The largest absolute Gasteiger partial charge is 0.426 e. The summed E-state index contributed by atoms with van der Waals surface area (Å²) in [6.45, 7) is 1.86. The van der Waals surface area contributed by atoms with E-state index in [1.54, 1.807) is 18.5 Å². The standard InChI is InChI=1S/C18H13NO4/c1-10-7-15(20)23-18-12(10)4-5-14-17(18)13(8-16(21)22-14)11-3-2-6-19-9-11/h2-7,9,13H,8H2,1H3/t13-/m0/s1. The Morgan fingerprint density at radius 1 is 1.22 bits per heavy atom. The molecule has 4 rings (SSSR count). The van der Waals surface area contributed by atoms with Gasteiger partial charge in [-0.3, -0.25) is 9.78 Å². The van der Waals surface area contributed by atoms with E-state index >= 15 is 0 Å². The van der Waals surface area contributed by atoms with E-state index in [-0.39, 0.29) is 18.3 Å². The average Bonchev–Trinajstić information content (AvgIpc) is 2.54. The van der Waals surface area contributed by atoms with Crippen molar-refractivity contribution in [2.45, 2.75) is 19.3 Å². The molecule has 1 atom stereocenters. The molecule has 2 aromatic heterocycles. The average molecular weight is 307 g/mol. The maximum Gasteiger partial charge on any atom is 0.336 e. The zero-order valence-electron chi connectivity index (χ0n) is 12.4. The molecule has 0 spiro atoms. The zero-order valence-corrected chi connectivity index (χ0v) is 12.4. The number of hydrogen-bond acceptors (Lipinski definition) is 5. The molecule has 3 heterocycles. The molecule has 23 heavy (non-hydrogen) atoms. The first-order chi connectivity index (χ1) is 11.1. The number of aromatic nitrogens is 1. The fourth-order valence-corrected chi connectivity index (χ4v) is 3.11. The van der Waals surface area contributed by atoms with Crippen molar-refractivity contribution in [1.82, 2.24) is 4.98 Å². The van der Waals surface area contributed by atoms with Crippen molar-refractivity contribution < 1.29 is 13.9 Å². The maximum absolute atomic E-state index is 11.9. The Morgan fingerprint density at radius 2 is 2.09 bits per heavy atom. The van der Waals surface area contributed by atoms with Gasteiger partial charge in [-0.15, -0.1) is 0 Å². The molecule has 3 aromatic rings. The number of carbonyl (C=O) groups is 1. The summed E-state index contributed by atoms with van der Waals surface area (Å²) >= 11 is 0. The Kier molecular flexibility index (Phi) is 3.01. The fraction of sp³-hybridized carbons (Fsp3) is 0.167. The molecule has 0 bridgehead atoms. The fourth-order valence-electron chi connectivity index (χ4n) is 3.11. The Labute approximate surface area is 131 Å². The Hall–Kier alpha value is -2.95. The smallest absolute Gasteiger partial charge is 0.336 e. The molecule has 1 aliphatic rings. The molecule has 0 N–H and O–H groups in total. The van der Waals surface area contributed by atoms with Crippen LogP contribution in [0.3, 0.4) is 0 Å². The number of benzene rings is 1. The molecule has 1 aliphatic heterocycles. The van der Waals surface area contributed by atoms with Gasteiger partial charge in [0.05, 0.1) is 6.42 Å². The van der Waals surface area contributed by atoms with Crippen molar-refractivity contribution in [2.75, 3.05) is 0 Å². The third-order valence-corrected chi connectivity index (χ3v) is 4.15. The van der Waals surface area contributed by atoms with E-state index in [2.05, 4.69) is 4.98 Å². The lowest BCUT2D eigenvalue weighted by molar-refractivity contribution is -0.135. The van der Waals surface area contributed by atoms with Crippen molar-refractivity contribution >= 4 is 16.9 Å². The Bertz CT molecular complexity index is 975. The highest BCUT2D eigenvalue weighted by Gasteiger charge is 2.31. The molecule has 1 aromatic carbocycles. The van der Waals surface area contributed by atoms with Gasteiger partial charge in [0.25, 0.3) is 0 Å². The molecule has 0 aliphatic carbocycles. The summed E-state index contributed by atoms with van der Waals surface area (Å²) in [5.74, 6) is -0.106. The first kappa shape index (κ1) is 13.7. The third kappa shape index (κ3) is 2.21. The molecular formula is C18H13NO4. The van der Waals surface area contributed by atoms with Gasteiger partial charge in [-0.1, -0.05) is 6.07 Å². The highest BCUT2D eigenvalue weighted by molar-refractivity contribution is 5.89. The van der Waals surface area contributed by atoms with Crippen LogP contribution in [0.25, 0.3) is 11.0 Å². The summed E-state index contributed by atoms with van der Waals surface area (Å²) in [6, 6.07) is 8.76. The van der Waals surface area contributed by atoms with E-state index in [4.69, 9.17) is 9.15 Å². The maximum atomic E-state index is 11.9. The number of aryl methyl sites for hydroxylation is 1. The van der Waals surface area contributed by atoms with Crippen LogP contribution in [0.4, 0.5) is 0 Å². The van der Waals surface area contributed by atoms with E-state index in [1.807, 2.05) is 25.1 Å². The molecule has 0 amide bonds. The van der Waals surface area contributed by atoms with Crippen LogP contribution in [0.2, 0.25) is 0 Å². The Balaban J connectivity index is 2.06. The molecular weight excluding hydrogens is 294 g/mol. The number of carbonyl (C=O) groups excluding carboxylic acids is 1. The second-order valence-electron chi connectivity index (χ2n) is 5.62. The number of pyridine rings is 1. The predicted octanol–water partition coefficient (Wildman–Crippen LogP) is 2.94. The summed E-state index contributed by atoms with van der Waals surface area (Å²) in [7, 11) is 0. The summed E-state index contributed by atoms with van der Waals surface area (Å²) in [6.07, 6.45) is 3.59. The van der Waals surface area contributed by atoms with Gasteiger partial charge in [-0.2, -0.15) is 0 Å². The summed E-state index contributed by atoms with van der Waals surface area (Å²) in [4.78, 5) is 27.9. The number of fused-ring (bicyclic) bond motifs is 3. The van der Waals surface area contributed by atoms with E-state index in [0.717, 1.165) is 22.1 Å². The van der Waals surface area contributed by atoms with Gasteiger partial charge in [-0.25, -0.2) is 4.79 Å². The quantitative estimate of drug-likeness (QED) is 0.393. The second kappa shape index (κ2) is 5.05. The van der Waals surface area contributed by atoms with E-state index in [1.165, 1.54) is 6.07 Å². The van der Waals surface area contributed by atoms with E-state index in [0.29, 0.717) is 11.3 Å². The number of ether oxygens (including phenoxy) is 1. The molecule has 0 radical (unpaired) electrons. The molecule has 5 heteroatoms. The first-order valence-corrected chi connectivity index (χ1v) is 7.31. The molecule has 0 fully saturated rings. The van der Waals surface area contributed by atoms with Gasteiger partial charge in [0, 0.05) is 35.3 Å². The number of nitrogens with zero attached hydrogens (tertiary/aromatic N) is 1. The lowest BCUT2D eigenvalue weighted by Crippen LogP contribution is -2.21. The summed E-state index contributed by atoms with van der Waals surface area (Å²) in [5.41, 5.74) is 2.53. The second-order valence-corrected chi connectivity index (χ2v) is 5.62. The monoisotopic (exact) mass is 307 g/mol. The Morgan fingerprint density at radius 3 is 2.87 bits per heavy atom. The summed E-state index contributed by atoms with van der Waals surface area (Å²) < 4.78 is 10.8. The van der Waals surface area contributed by atoms with E-state index in [9.17, 15) is 9.59 Å². The summed E-state index contributed by atoms with van der Waals surface area (Å²) in [5, 5.41) is 0.843. The lowest BCUT2D eigenvalue weighted by atomic mass is 9.86. The minimum atomic E-state index is -0.412. The van der Waals surface area contributed by atoms with Crippen LogP contribution in [0.1, 0.15) is 29.0 Å². The van der Waals surface area contributed by atoms with Crippen LogP contribution in [-0.2, 0) is 4.79 Å². The van der Waals surface area contributed by atoms with Crippen molar-refractivity contribution in [2.24, 2.45) is 0 Å². The van der Waals surface area contributed by atoms with Crippen molar-refractivity contribution in [3.63, 3.8) is 0 Å². The third-order valence-electron chi connectivity index (χ3n) is 4.15. The van der Waals surface area contributed by atoms with Crippen LogP contribution < -0.4 is 10.4 Å². The SMILES string of the molecule is Cc1cc(=O)oc2c3c(ccc12)OC(=O)C[C@H]3c1cccnc1. The molecule has 114 valence electrons. The highest BCUT2D eigenvalue weighted by Crippen LogP contribution is 2.42. The topological polar surface area (TPSA) is 69.4 Å². The van der Waals surface area contributed by atoms with Gasteiger partial charge in [-0.05, 0) is 36.2 Å². The lowest BCUT2D eigenvalue weighted by Gasteiger charge is -2.25. The first-order valence-electron chi connectivity index (χ1n) is 7.31. The molecule has 0 saturated carbocycles. The van der Waals surface area contributed by atoms with Crippen LogP contribution in [0, 0.1) is 6.92 Å². The van der Waals surface area contributed by atoms with E-state index < -0.39 is 5.63 Å². The minimum Gasteiger partial charge on any atom is -0.426 e. The predicted molar refractivity (Wildman–Crippen MR) is 83.6 cm³/mol. The van der Waals surface area contributed by atoms with Crippen LogP contribution in [0.5, 0.6) is 5.75 Å². The van der Waals surface area contributed by atoms with Gasteiger partial charge in [0.15, 0.2) is 0 Å². The van der Waals surface area contributed by atoms with Gasteiger partial charge < -0.3 is 9.15 Å². The number of esters is 1. The number of rotatable bonds is 1. The van der Waals surface area contributed by atoms with Crippen molar-refractivity contribution in [3.05, 3.63) is 69.8 Å². The van der Waals surface area contributed by atoms with Crippen molar-refractivity contribution in [1.29, 1.82) is 0 Å². The molecule has 5 nitrogen and oxygen atoms in total. The van der Waals surface area contributed by atoms with Crippen molar-refractivity contribution in [3.8, 4) is 5.75 Å². The number of hydrogen-bond donors (Lipinski definition) is 0. The van der Waals surface area contributed by atoms with Crippen LogP contribution >= 0.6 is 0 Å². The molecule has 0 unspecified atom stereocenters. The van der Waals surface area contributed by atoms with Gasteiger partial charge in [0.1, 0.15) is 11.3 Å². The zero-order chi connectivity index (χ0) is 16.0. The normalized spacial score (nSPS) is 16.9. The van der Waals surface area contributed by atoms with Gasteiger partial charge in [0.2, 0.25) is 0 Å². The highest BCUT2D eigenvalue weighted by atomic mass is 16.5. The van der Waals surface area contributed by atoms with Crippen LogP contribution in [-0.4, -0.2) is 11.0 Å².